The monoisotopic (exact) mass is 300 g/mol. The number of aromatic nitrogens is 1. The summed E-state index contributed by atoms with van der Waals surface area (Å²) < 4.78 is 0. The van der Waals surface area contributed by atoms with Gasteiger partial charge in [-0.1, -0.05) is 11.8 Å². The van der Waals surface area contributed by atoms with E-state index in [1.807, 2.05) is 23.8 Å². The minimum absolute atomic E-state index is 0.0430. The molecule has 1 amide bonds. The Labute approximate surface area is 127 Å². The third-order valence-electron chi connectivity index (χ3n) is 2.86. The highest BCUT2D eigenvalue weighted by Gasteiger charge is 2.12. The summed E-state index contributed by atoms with van der Waals surface area (Å²) in [6, 6.07) is 5.35. The molecule has 1 atom stereocenters. The zero-order valence-electron chi connectivity index (χ0n) is 11.7. The van der Waals surface area contributed by atoms with Crippen molar-refractivity contribution in [1.82, 2.24) is 10.3 Å². The van der Waals surface area contributed by atoms with E-state index in [-0.39, 0.29) is 18.6 Å². The van der Waals surface area contributed by atoms with Crippen molar-refractivity contribution in [2.24, 2.45) is 0 Å². The molecule has 0 radical (unpaired) electrons. The summed E-state index contributed by atoms with van der Waals surface area (Å²) >= 11 is 1.60. The number of nitrogens with one attached hydrogen (secondary N) is 1. The number of pyridine rings is 1. The maximum absolute atomic E-state index is 12.1. The third kappa shape index (κ3) is 4.42. The summed E-state index contributed by atoms with van der Waals surface area (Å²) in [7, 11) is 0. The maximum Gasteiger partial charge on any atom is 0.270 e. The molecule has 2 rings (SSSR count). The number of rotatable bonds is 4. The molecule has 108 valence electrons. The molecule has 0 aliphatic carbocycles. The quantitative estimate of drug-likeness (QED) is 0.852. The smallest absolute Gasteiger partial charge is 0.270 e. The standard InChI is InChI=1S/C16H16N2O2S/c1-12(14-7-9-21-11-14)18-16(20)15-6-5-13(10-17-15)4-2-3-8-19/h5-7,9-12,19H,3,8H2,1H3,(H,18,20). The van der Waals surface area contributed by atoms with Gasteiger partial charge < -0.3 is 10.4 Å². The van der Waals surface area contributed by atoms with Crippen LogP contribution < -0.4 is 5.32 Å². The predicted molar refractivity (Wildman–Crippen MR) is 83.0 cm³/mol. The van der Waals surface area contributed by atoms with Crippen molar-refractivity contribution in [2.45, 2.75) is 19.4 Å². The lowest BCUT2D eigenvalue weighted by Crippen LogP contribution is -2.27. The number of carbonyl (C=O) groups is 1. The second-order valence-corrected chi connectivity index (χ2v) is 5.24. The van der Waals surface area contributed by atoms with Gasteiger partial charge in [-0.25, -0.2) is 4.98 Å². The van der Waals surface area contributed by atoms with Gasteiger partial charge in [-0.15, -0.1) is 0 Å². The molecule has 0 saturated carbocycles. The molecule has 2 aromatic rings. The topological polar surface area (TPSA) is 62.2 Å². The molecule has 5 heteroatoms. The van der Waals surface area contributed by atoms with Crippen molar-refractivity contribution < 1.29 is 9.90 Å². The summed E-state index contributed by atoms with van der Waals surface area (Å²) in [6.45, 7) is 1.98. The van der Waals surface area contributed by atoms with E-state index in [2.05, 4.69) is 22.1 Å². The van der Waals surface area contributed by atoms with Crippen molar-refractivity contribution in [1.29, 1.82) is 0 Å². The number of thiophene rings is 1. The number of nitrogens with zero attached hydrogens (tertiary/aromatic N) is 1. The van der Waals surface area contributed by atoms with Crippen molar-refractivity contribution in [2.75, 3.05) is 6.61 Å². The molecule has 0 aliphatic heterocycles. The van der Waals surface area contributed by atoms with Gasteiger partial charge in [0.1, 0.15) is 5.69 Å². The lowest BCUT2D eigenvalue weighted by atomic mass is 10.1. The Morgan fingerprint density at radius 3 is 2.95 bits per heavy atom. The van der Waals surface area contributed by atoms with Crippen LogP contribution in [0.2, 0.25) is 0 Å². The molecule has 0 aromatic carbocycles. The summed E-state index contributed by atoms with van der Waals surface area (Å²) in [5.74, 6) is 5.48. The fraction of sp³-hybridized carbons (Fsp3) is 0.250. The number of aliphatic hydroxyl groups excluding tert-OH is 1. The Bertz CT molecular complexity index is 639. The number of amides is 1. The summed E-state index contributed by atoms with van der Waals surface area (Å²) in [5, 5.41) is 15.6. The fourth-order valence-electron chi connectivity index (χ4n) is 1.70. The van der Waals surface area contributed by atoms with E-state index in [1.54, 1.807) is 29.7 Å². The second kappa shape index (κ2) is 7.58. The molecular weight excluding hydrogens is 284 g/mol. The Hall–Kier alpha value is -2.16. The highest BCUT2D eigenvalue weighted by molar-refractivity contribution is 7.07. The van der Waals surface area contributed by atoms with Crippen LogP contribution in [0.4, 0.5) is 0 Å². The maximum atomic E-state index is 12.1. The van der Waals surface area contributed by atoms with Crippen LogP contribution in [0.1, 0.15) is 41.0 Å². The molecule has 0 fully saturated rings. The zero-order valence-corrected chi connectivity index (χ0v) is 12.5. The van der Waals surface area contributed by atoms with E-state index in [0.29, 0.717) is 12.1 Å². The highest BCUT2D eigenvalue weighted by Crippen LogP contribution is 2.15. The normalized spacial score (nSPS) is 11.3. The van der Waals surface area contributed by atoms with Gasteiger partial charge in [0.25, 0.3) is 5.91 Å². The third-order valence-corrected chi connectivity index (χ3v) is 3.56. The number of hydrogen-bond donors (Lipinski definition) is 2. The predicted octanol–water partition coefficient (Wildman–Crippen LogP) is 2.37. The first-order valence-electron chi connectivity index (χ1n) is 6.59. The lowest BCUT2D eigenvalue weighted by Gasteiger charge is -2.11. The first-order chi connectivity index (χ1) is 10.2. The molecule has 1 unspecified atom stereocenters. The average Bonchev–Trinajstić information content (AvgIpc) is 3.02. The van der Waals surface area contributed by atoms with E-state index in [9.17, 15) is 4.79 Å². The molecule has 0 saturated heterocycles. The van der Waals surface area contributed by atoms with Crippen molar-refractivity contribution in [3.8, 4) is 11.8 Å². The van der Waals surface area contributed by atoms with Crippen LogP contribution in [0.5, 0.6) is 0 Å². The Morgan fingerprint density at radius 1 is 1.48 bits per heavy atom. The Balaban J connectivity index is 1.98. The van der Waals surface area contributed by atoms with Crippen LogP contribution in [0.15, 0.2) is 35.2 Å². The minimum atomic E-state index is -0.205. The Morgan fingerprint density at radius 2 is 2.33 bits per heavy atom. The first kappa shape index (κ1) is 15.2. The molecule has 0 spiro atoms. The van der Waals surface area contributed by atoms with Gasteiger partial charge in [0.15, 0.2) is 0 Å². The highest BCUT2D eigenvalue weighted by atomic mass is 32.1. The van der Waals surface area contributed by atoms with Crippen LogP contribution in [0, 0.1) is 11.8 Å². The van der Waals surface area contributed by atoms with Gasteiger partial charge in [-0.05, 0) is 41.4 Å². The van der Waals surface area contributed by atoms with Crippen LogP contribution >= 0.6 is 11.3 Å². The van der Waals surface area contributed by atoms with E-state index in [0.717, 1.165) is 11.1 Å². The molecule has 0 aliphatic rings. The lowest BCUT2D eigenvalue weighted by molar-refractivity contribution is 0.0935. The minimum Gasteiger partial charge on any atom is -0.395 e. The van der Waals surface area contributed by atoms with Crippen LogP contribution in [-0.2, 0) is 0 Å². The van der Waals surface area contributed by atoms with E-state index >= 15 is 0 Å². The summed E-state index contributed by atoms with van der Waals surface area (Å²) in [6.07, 6.45) is 1.99. The largest absolute Gasteiger partial charge is 0.395 e. The SMILES string of the molecule is CC(NC(=O)c1ccc(C#CCCO)cn1)c1ccsc1. The summed E-state index contributed by atoms with van der Waals surface area (Å²) in [4.78, 5) is 16.2. The fourth-order valence-corrected chi connectivity index (χ4v) is 2.45. The molecule has 0 bridgehead atoms. The molecule has 4 nitrogen and oxygen atoms in total. The molecule has 2 aromatic heterocycles. The van der Waals surface area contributed by atoms with Gasteiger partial charge in [-0.3, -0.25) is 4.79 Å². The van der Waals surface area contributed by atoms with Crippen molar-refractivity contribution >= 4 is 17.2 Å². The second-order valence-electron chi connectivity index (χ2n) is 4.46. The Kier molecular flexibility index (Phi) is 5.50. The van der Waals surface area contributed by atoms with E-state index in [4.69, 9.17) is 5.11 Å². The molecule has 2 N–H and O–H groups in total. The first-order valence-corrected chi connectivity index (χ1v) is 7.53. The number of carbonyl (C=O) groups excluding carboxylic acids is 1. The van der Waals surface area contributed by atoms with Gasteiger partial charge in [0, 0.05) is 18.2 Å². The van der Waals surface area contributed by atoms with Gasteiger partial charge in [0.05, 0.1) is 12.6 Å². The van der Waals surface area contributed by atoms with Crippen LogP contribution in [0.3, 0.4) is 0 Å². The molecule has 21 heavy (non-hydrogen) atoms. The van der Waals surface area contributed by atoms with Crippen LogP contribution in [0.25, 0.3) is 0 Å². The van der Waals surface area contributed by atoms with E-state index < -0.39 is 0 Å². The van der Waals surface area contributed by atoms with Crippen molar-refractivity contribution in [3.05, 3.63) is 52.0 Å². The average molecular weight is 300 g/mol. The van der Waals surface area contributed by atoms with Crippen LogP contribution in [-0.4, -0.2) is 22.6 Å². The molecule has 2 heterocycles. The van der Waals surface area contributed by atoms with Crippen molar-refractivity contribution in [3.63, 3.8) is 0 Å². The van der Waals surface area contributed by atoms with Gasteiger partial charge in [0.2, 0.25) is 0 Å². The number of aliphatic hydroxyl groups is 1. The van der Waals surface area contributed by atoms with Gasteiger partial charge >= 0.3 is 0 Å². The molecular formula is C16H16N2O2S. The van der Waals surface area contributed by atoms with Gasteiger partial charge in [-0.2, -0.15) is 11.3 Å². The van der Waals surface area contributed by atoms with E-state index in [1.165, 1.54) is 0 Å². The zero-order chi connectivity index (χ0) is 15.1. The summed E-state index contributed by atoms with van der Waals surface area (Å²) in [5.41, 5.74) is 2.18. The number of hydrogen-bond acceptors (Lipinski definition) is 4.